The maximum absolute atomic E-state index is 14.2. The highest BCUT2D eigenvalue weighted by Crippen LogP contribution is 2.24. The minimum Gasteiger partial charge on any atom is -0.467 e. The van der Waals surface area contributed by atoms with E-state index < -0.39 is 11.6 Å². The molecule has 0 atom stereocenters. The van der Waals surface area contributed by atoms with Gasteiger partial charge < -0.3 is 9.32 Å². The predicted molar refractivity (Wildman–Crippen MR) is 91.0 cm³/mol. The van der Waals surface area contributed by atoms with E-state index in [1.165, 1.54) is 29.4 Å². The smallest absolute Gasteiger partial charge is 0.227 e. The topological polar surface area (TPSA) is 33.5 Å². The number of furan rings is 1. The van der Waals surface area contributed by atoms with Crippen LogP contribution in [0.1, 0.15) is 17.7 Å². The molecule has 0 fully saturated rings. The molecule has 1 heterocycles. The average Bonchev–Trinajstić information content (AvgIpc) is 3.13. The summed E-state index contributed by atoms with van der Waals surface area (Å²) >= 11 is 0. The molecule has 26 heavy (non-hydrogen) atoms. The van der Waals surface area contributed by atoms with Crippen LogP contribution in [0.25, 0.3) is 0 Å². The molecule has 3 rings (SSSR count). The van der Waals surface area contributed by atoms with Gasteiger partial charge in [-0.05, 0) is 48.4 Å². The Labute approximate surface area is 148 Å². The zero-order valence-electron chi connectivity index (χ0n) is 13.8. The summed E-state index contributed by atoms with van der Waals surface area (Å²) in [5.74, 6) is -1.78. The number of nitrogens with zero attached hydrogens (tertiary/aromatic N) is 1. The van der Waals surface area contributed by atoms with Crippen molar-refractivity contribution in [2.24, 2.45) is 0 Å². The summed E-state index contributed by atoms with van der Waals surface area (Å²) in [5.41, 5.74) is 0.768. The van der Waals surface area contributed by atoms with E-state index in [-0.39, 0.29) is 30.4 Å². The standard InChI is InChI=1S/C20H16F3NO2/c21-15-6-3-14(4-7-15)5-10-20(25)24(13-17-2-1-11-26-17)19-9-8-16(22)12-18(19)23/h1-4,6-9,11-12H,5,10,13H2. The van der Waals surface area contributed by atoms with Crippen LogP contribution in [0.3, 0.4) is 0 Å². The van der Waals surface area contributed by atoms with E-state index in [4.69, 9.17) is 4.42 Å². The number of amides is 1. The summed E-state index contributed by atoms with van der Waals surface area (Å²) in [7, 11) is 0. The third-order valence-electron chi connectivity index (χ3n) is 3.94. The molecule has 0 aliphatic rings. The third-order valence-corrected chi connectivity index (χ3v) is 3.94. The van der Waals surface area contributed by atoms with Crippen molar-refractivity contribution in [2.75, 3.05) is 4.90 Å². The first kappa shape index (κ1) is 17.8. The molecule has 2 aromatic carbocycles. The van der Waals surface area contributed by atoms with E-state index in [2.05, 4.69) is 0 Å². The van der Waals surface area contributed by atoms with Crippen LogP contribution in [0, 0.1) is 17.5 Å². The van der Waals surface area contributed by atoms with Gasteiger partial charge in [-0.15, -0.1) is 0 Å². The van der Waals surface area contributed by atoms with Crippen LogP contribution in [0.5, 0.6) is 0 Å². The molecule has 0 radical (unpaired) electrons. The number of anilines is 1. The molecule has 3 nitrogen and oxygen atoms in total. The Morgan fingerprint density at radius 2 is 1.69 bits per heavy atom. The van der Waals surface area contributed by atoms with Gasteiger partial charge in [-0.25, -0.2) is 13.2 Å². The summed E-state index contributed by atoms with van der Waals surface area (Å²) in [6.07, 6.45) is 1.91. The van der Waals surface area contributed by atoms with Crippen molar-refractivity contribution in [3.8, 4) is 0 Å². The van der Waals surface area contributed by atoms with E-state index >= 15 is 0 Å². The molecule has 0 N–H and O–H groups in total. The van der Waals surface area contributed by atoms with Gasteiger partial charge in [0.15, 0.2) is 0 Å². The number of aryl methyl sites for hydroxylation is 1. The largest absolute Gasteiger partial charge is 0.467 e. The third kappa shape index (κ3) is 4.33. The molecule has 1 amide bonds. The fourth-order valence-electron chi connectivity index (χ4n) is 2.60. The molecule has 3 aromatic rings. The second-order valence-electron chi connectivity index (χ2n) is 5.78. The molecule has 0 aliphatic carbocycles. The van der Waals surface area contributed by atoms with Crippen molar-refractivity contribution in [3.05, 3.63) is 89.6 Å². The lowest BCUT2D eigenvalue weighted by Crippen LogP contribution is -2.31. The molecular formula is C20H16F3NO2. The lowest BCUT2D eigenvalue weighted by molar-refractivity contribution is -0.118. The summed E-state index contributed by atoms with van der Waals surface area (Å²) < 4.78 is 45.6. The number of benzene rings is 2. The maximum Gasteiger partial charge on any atom is 0.227 e. The lowest BCUT2D eigenvalue weighted by Gasteiger charge is -2.22. The van der Waals surface area contributed by atoms with Crippen molar-refractivity contribution in [1.82, 2.24) is 0 Å². The monoisotopic (exact) mass is 359 g/mol. The lowest BCUT2D eigenvalue weighted by atomic mass is 10.1. The van der Waals surface area contributed by atoms with Crippen LogP contribution in [-0.4, -0.2) is 5.91 Å². The highest BCUT2D eigenvalue weighted by atomic mass is 19.1. The Morgan fingerprint density at radius 3 is 2.35 bits per heavy atom. The van der Waals surface area contributed by atoms with Gasteiger partial charge in [-0.2, -0.15) is 0 Å². The van der Waals surface area contributed by atoms with E-state index in [1.54, 1.807) is 24.3 Å². The summed E-state index contributed by atoms with van der Waals surface area (Å²) in [4.78, 5) is 13.9. The van der Waals surface area contributed by atoms with Gasteiger partial charge in [0, 0.05) is 12.5 Å². The number of rotatable bonds is 6. The van der Waals surface area contributed by atoms with Gasteiger partial charge in [-0.3, -0.25) is 4.79 Å². The predicted octanol–water partition coefficient (Wildman–Crippen LogP) is 4.86. The Morgan fingerprint density at radius 1 is 0.962 bits per heavy atom. The van der Waals surface area contributed by atoms with E-state index in [0.29, 0.717) is 12.2 Å². The highest BCUT2D eigenvalue weighted by Gasteiger charge is 2.21. The Hall–Kier alpha value is -3.02. The van der Waals surface area contributed by atoms with Crippen LogP contribution >= 0.6 is 0 Å². The first-order valence-corrected chi connectivity index (χ1v) is 8.05. The van der Waals surface area contributed by atoms with Crippen molar-refractivity contribution in [1.29, 1.82) is 0 Å². The Kier molecular flexibility index (Phi) is 5.41. The van der Waals surface area contributed by atoms with E-state index in [1.807, 2.05) is 0 Å². The van der Waals surface area contributed by atoms with Crippen molar-refractivity contribution in [2.45, 2.75) is 19.4 Å². The fraction of sp³-hybridized carbons (Fsp3) is 0.150. The first-order chi connectivity index (χ1) is 12.5. The number of hydrogen-bond donors (Lipinski definition) is 0. The van der Waals surface area contributed by atoms with Gasteiger partial charge in [0.25, 0.3) is 0 Å². The number of halogens is 3. The Bertz CT molecular complexity index is 877. The van der Waals surface area contributed by atoms with E-state index in [9.17, 15) is 18.0 Å². The molecule has 0 bridgehead atoms. The van der Waals surface area contributed by atoms with Gasteiger partial charge in [0.1, 0.15) is 23.2 Å². The second-order valence-corrected chi connectivity index (χ2v) is 5.78. The van der Waals surface area contributed by atoms with Gasteiger partial charge in [-0.1, -0.05) is 12.1 Å². The van der Waals surface area contributed by atoms with Crippen LogP contribution < -0.4 is 4.90 Å². The zero-order chi connectivity index (χ0) is 18.5. The maximum atomic E-state index is 14.2. The van der Waals surface area contributed by atoms with Gasteiger partial charge >= 0.3 is 0 Å². The molecule has 0 unspecified atom stereocenters. The zero-order valence-corrected chi connectivity index (χ0v) is 13.8. The number of carbonyl (C=O) groups excluding carboxylic acids is 1. The molecule has 0 saturated carbocycles. The molecule has 0 aliphatic heterocycles. The van der Waals surface area contributed by atoms with Crippen molar-refractivity contribution in [3.63, 3.8) is 0 Å². The summed E-state index contributed by atoms with van der Waals surface area (Å²) in [6.45, 7) is 0.0256. The van der Waals surface area contributed by atoms with Gasteiger partial charge in [0.2, 0.25) is 5.91 Å². The number of hydrogen-bond acceptors (Lipinski definition) is 2. The van der Waals surface area contributed by atoms with Crippen LogP contribution in [0.15, 0.2) is 65.3 Å². The average molecular weight is 359 g/mol. The Balaban J connectivity index is 1.79. The first-order valence-electron chi connectivity index (χ1n) is 8.05. The van der Waals surface area contributed by atoms with E-state index in [0.717, 1.165) is 17.7 Å². The van der Waals surface area contributed by atoms with Crippen molar-refractivity contribution < 1.29 is 22.4 Å². The molecule has 1 aromatic heterocycles. The number of carbonyl (C=O) groups is 1. The van der Waals surface area contributed by atoms with Crippen LogP contribution in [-0.2, 0) is 17.8 Å². The quantitative estimate of drug-likeness (QED) is 0.630. The molecular weight excluding hydrogens is 343 g/mol. The highest BCUT2D eigenvalue weighted by molar-refractivity contribution is 5.93. The minimum absolute atomic E-state index is 0.0214. The molecule has 0 spiro atoms. The SMILES string of the molecule is O=C(CCc1ccc(F)cc1)N(Cc1ccco1)c1ccc(F)cc1F. The molecule has 6 heteroatoms. The van der Waals surface area contributed by atoms with Gasteiger partial charge in [0.05, 0.1) is 18.5 Å². The second kappa shape index (κ2) is 7.91. The van der Waals surface area contributed by atoms with Crippen molar-refractivity contribution >= 4 is 11.6 Å². The molecule has 0 saturated heterocycles. The summed E-state index contributed by atoms with van der Waals surface area (Å²) in [6, 6.07) is 12.2. The van der Waals surface area contributed by atoms with Crippen LogP contribution in [0.2, 0.25) is 0 Å². The molecule has 134 valence electrons. The minimum atomic E-state index is -0.827. The van der Waals surface area contributed by atoms with Crippen LogP contribution in [0.4, 0.5) is 18.9 Å². The summed E-state index contributed by atoms with van der Waals surface area (Å²) in [5, 5.41) is 0. The fourth-order valence-corrected chi connectivity index (χ4v) is 2.60. The normalized spacial score (nSPS) is 10.7.